The summed E-state index contributed by atoms with van der Waals surface area (Å²) in [6.45, 7) is 6.66. The average molecular weight is 192 g/mol. The lowest BCUT2D eigenvalue weighted by Crippen LogP contribution is -1.97. The van der Waals surface area contributed by atoms with Crippen LogP contribution in [0.15, 0.2) is 18.2 Å². The first-order valence-corrected chi connectivity index (χ1v) is 3.84. The van der Waals surface area contributed by atoms with Crippen LogP contribution in [0.3, 0.4) is 0 Å². The highest BCUT2D eigenvalue weighted by atomic mass is 16.6. The zero-order chi connectivity index (χ0) is 10.6. The molecule has 0 fully saturated rings. The summed E-state index contributed by atoms with van der Waals surface area (Å²) < 4.78 is 4.85. The second kappa shape index (κ2) is 4.23. The number of nitro groups is 1. The number of methoxy groups -OCH3 is 1. The number of hydrogen-bond acceptors (Lipinski definition) is 3. The van der Waals surface area contributed by atoms with E-state index < -0.39 is 4.92 Å². The molecule has 1 aromatic carbocycles. The van der Waals surface area contributed by atoms with Gasteiger partial charge in [0.15, 0.2) is 5.75 Å². The van der Waals surface area contributed by atoms with Gasteiger partial charge in [0, 0.05) is 0 Å². The van der Waals surface area contributed by atoms with Gasteiger partial charge in [-0.2, -0.15) is 0 Å². The molecule has 1 rings (SSSR count). The second-order valence-electron chi connectivity index (χ2n) is 2.54. The molecule has 0 saturated carbocycles. The van der Waals surface area contributed by atoms with E-state index >= 15 is 0 Å². The highest BCUT2D eigenvalue weighted by Crippen LogP contribution is 2.30. The summed E-state index contributed by atoms with van der Waals surface area (Å²) in [5.74, 6) is 0.191. The van der Waals surface area contributed by atoms with Crippen molar-refractivity contribution in [3.63, 3.8) is 0 Å². The lowest BCUT2D eigenvalue weighted by atomic mass is 10.1. The van der Waals surface area contributed by atoms with Crippen molar-refractivity contribution in [2.24, 2.45) is 0 Å². The van der Waals surface area contributed by atoms with Crippen molar-refractivity contribution in [2.75, 3.05) is 7.11 Å². The normalized spacial score (nSPS) is 9.14. The van der Waals surface area contributed by atoms with E-state index in [-0.39, 0.29) is 18.0 Å². The summed E-state index contributed by atoms with van der Waals surface area (Å²) in [5, 5.41) is 10.7. The molecule has 5 heteroatoms. The topological polar surface area (TPSA) is 56.7 Å². The lowest BCUT2D eigenvalue weighted by Gasteiger charge is -2.02. The first kappa shape index (κ1) is 9.99. The number of benzene rings is 1. The zero-order valence-electron chi connectivity index (χ0n) is 7.56. The number of nitro benzene ring substituents is 1. The summed E-state index contributed by atoms with van der Waals surface area (Å²) in [6.07, 6.45) is 0. The molecular formula is C9H8N2O3. The van der Waals surface area contributed by atoms with Crippen molar-refractivity contribution in [3.05, 3.63) is 45.3 Å². The number of para-hydroxylation sites is 1. The van der Waals surface area contributed by atoms with Crippen molar-refractivity contribution < 1.29 is 9.66 Å². The summed E-state index contributed by atoms with van der Waals surface area (Å²) in [5.41, 5.74) is 0.260. The van der Waals surface area contributed by atoms with Crippen LogP contribution < -0.4 is 4.74 Å². The molecule has 0 unspecified atom stereocenters. The van der Waals surface area contributed by atoms with E-state index in [9.17, 15) is 10.1 Å². The average Bonchev–Trinajstić information content (AvgIpc) is 2.17. The molecule has 0 aliphatic carbocycles. The fourth-order valence-electron chi connectivity index (χ4n) is 1.15. The minimum Gasteiger partial charge on any atom is -0.490 e. The van der Waals surface area contributed by atoms with Crippen molar-refractivity contribution in [3.8, 4) is 5.75 Å². The van der Waals surface area contributed by atoms with Gasteiger partial charge in [0.2, 0.25) is 6.54 Å². The summed E-state index contributed by atoms with van der Waals surface area (Å²) in [7, 11) is 1.37. The Morgan fingerprint density at radius 1 is 1.64 bits per heavy atom. The van der Waals surface area contributed by atoms with Gasteiger partial charge in [-0.3, -0.25) is 10.1 Å². The molecule has 0 aromatic heterocycles. The predicted octanol–water partition coefficient (Wildman–Crippen LogP) is 2.02. The number of hydrogen-bond donors (Lipinski definition) is 0. The maximum atomic E-state index is 10.7. The van der Waals surface area contributed by atoms with E-state index in [4.69, 9.17) is 11.3 Å². The van der Waals surface area contributed by atoms with Crippen LogP contribution in [0, 0.1) is 16.7 Å². The van der Waals surface area contributed by atoms with Gasteiger partial charge in [0.1, 0.15) is 5.56 Å². The Morgan fingerprint density at radius 2 is 2.36 bits per heavy atom. The number of rotatable bonds is 3. The third-order valence-corrected chi connectivity index (χ3v) is 1.73. The van der Waals surface area contributed by atoms with Crippen LogP contribution in [-0.2, 0) is 6.54 Å². The molecular weight excluding hydrogens is 184 g/mol. The molecule has 72 valence electrons. The minimum absolute atomic E-state index is 0.00644. The Labute approximate surface area is 80.9 Å². The molecule has 0 atom stereocenters. The van der Waals surface area contributed by atoms with Gasteiger partial charge >= 0.3 is 5.69 Å². The predicted molar refractivity (Wildman–Crippen MR) is 50.0 cm³/mol. The van der Waals surface area contributed by atoms with Crippen LogP contribution in [0.1, 0.15) is 5.56 Å². The fraction of sp³-hybridized carbons (Fsp3) is 0.222. The first-order valence-electron chi connectivity index (χ1n) is 3.84. The van der Waals surface area contributed by atoms with E-state index in [1.165, 1.54) is 13.2 Å². The third-order valence-electron chi connectivity index (χ3n) is 1.73. The molecule has 0 N–H and O–H groups in total. The van der Waals surface area contributed by atoms with E-state index in [0.717, 1.165) is 0 Å². The standard InChI is InChI=1S/C9H8N2O3/c1-10-6-7-4-3-5-8(14-2)9(7)11(12)13/h3-5H,6H2,2H3. The maximum Gasteiger partial charge on any atom is 0.321 e. The van der Waals surface area contributed by atoms with Gasteiger partial charge in [0.25, 0.3) is 0 Å². The molecule has 0 aliphatic heterocycles. The minimum atomic E-state index is -0.528. The highest BCUT2D eigenvalue weighted by molar-refractivity contribution is 5.53. The van der Waals surface area contributed by atoms with E-state index in [1.54, 1.807) is 12.1 Å². The molecule has 0 amide bonds. The second-order valence-corrected chi connectivity index (χ2v) is 2.54. The monoisotopic (exact) mass is 192 g/mol. The van der Waals surface area contributed by atoms with Crippen LogP contribution in [0.5, 0.6) is 5.75 Å². The van der Waals surface area contributed by atoms with Crippen LogP contribution in [-0.4, -0.2) is 12.0 Å². The van der Waals surface area contributed by atoms with Gasteiger partial charge in [-0.15, -0.1) is 0 Å². The van der Waals surface area contributed by atoms with Crippen molar-refractivity contribution in [1.29, 1.82) is 0 Å². The first-order chi connectivity index (χ1) is 6.70. The molecule has 14 heavy (non-hydrogen) atoms. The molecule has 0 saturated heterocycles. The largest absolute Gasteiger partial charge is 0.490 e. The van der Waals surface area contributed by atoms with Gasteiger partial charge in [-0.05, 0) is 12.1 Å². The number of ether oxygens (including phenoxy) is 1. The van der Waals surface area contributed by atoms with Crippen molar-refractivity contribution in [1.82, 2.24) is 0 Å². The van der Waals surface area contributed by atoms with Crippen LogP contribution >= 0.6 is 0 Å². The van der Waals surface area contributed by atoms with E-state index in [0.29, 0.717) is 5.56 Å². The maximum absolute atomic E-state index is 10.7. The molecule has 0 heterocycles. The SMILES string of the molecule is [C-]#[N+]Cc1cccc(OC)c1[N+](=O)[O-]. The number of nitrogens with zero attached hydrogens (tertiary/aromatic N) is 2. The Bertz CT molecular complexity index is 396. The molecule has 0 spiro atoms. The Morgan fingerprint density at radius 3 is 2.86 bits per heavy atom. The molecule has 5 nitrogen and oxygen atoms in total. The van der Waals surface area contributed by atoms with Gasteiger partial charge < -0.3 is 9.58 Å². The third kappa shape index (κ3) is 1.80. The molecule has 0 aliphatic rings. The van der Waals surface area contributed by atoms with Crippen LogP contribution in [0.25, 0.3) is 4.85 Å². The highest BCUT2D eigenvalue weighted by Gasteiger charge is 2.21. The zero-order valence-corrected chi connectivity index (χ0v) is 7.56. The van der Waals surface area contributed by atoms with Crippen LogP contribution in [0.4, 0.5) is 5.69 Å². The van der Waals surface area contributed by atoms with Crippen molar-refractivity contribution in [2.45, 2.75) is 6.54 Å². The quantitative estimate of drug-likeness (QED) is 0.418. The van der Waals surface area contributed by atoms with Crippen LogP contribution in [0.2, 0.25) is 0 Å². The summed E-state index contributed by atoms with van der Waals surface area (Å²) >= 11 is 0. The lowest BCUT2D eigenvalue weighted by molar-refractivity contribution is -0.386. The molecule has 1 aromatic rings. The Hall–Kier alpha value is -2.09. The van der Waals surface area contributed by atoms with Crippen molar-refractivity contribution >= 4 is 5.69 Å². The Kier molecular flexibility index (Phi) is 3.02. The molecule has 0 radical (unpaired) electrons. The van der Waals surface area contributed by atoms with E-state index in [2.05, 4.69) is 4.85 Å². The van der Waals surface area contributed by atoms with E-state index in [1.807, 2.05) is 0 Å². The summed E-state index contributed by atoms with van der Waals surface area (Å²) in [4.78, 5) is 13.3. The Balaban J connectivity index is 3.29. The summed E-state index contributed by atoms with van der Waals surface area (Å²) in [6, 6.07) is 4.69. The fourth-order valence-corrected chi connectivity index (χ4v) is 1.15. The molecule has 0 bridgehead atoms. The van der Waals surface area contributed by atoms with Gasteiger partial charge in [0.05, 0.1) is 12.0 Å². The smallest absolute Gasteiger partial charge is 0.321 e. The van der Waals surface area contributed by atoms with Gasteiger partial charge in [-0.1, -0.05) is 6.07 Å². The van der Waals surface area contributed by atoms with Gasteiger partial charge in [-0.25, -0.2) is 6.57 Å².